The molecule has 0 aliphatic carbocycles. The summed E-state index contributed by atoms with van der Waals surface area (Å²) in [6.45, 7) is 2.58. The minimum atomic E-state index is -0.499. The molecule has 0 saturated carbocycles. The number of halogens is 2. The van der Waals surface area contributed by atoms with Gasteiger partial charge in [0.05, 0.1) is 10.6 Å². The van der Waals surface area contributed by atoms with Crippen molar-refractivity contribution in [2.24, 2.45) is 0 Å². The summed E-state index contributed by atoms with van der Waals surface area (Å²) < 4.78 is 18.9. The Labute approximate surface area is 131 Å². The largest absolute Gasteiger partial charge is 0.347 e. The summed E-state index contributed by atoms with van der Waals surface area (Å²) in [5.74, 6) is -0.158. The first-order valence-corrected chi connectivity index (χ1v) is 7.09. The van der Waals surface area contributed by atoms with E-state index in [2.05, 4.69) is 15.5 Å². The fourth-order valence-corrected chi connectivity index (χ4v) is 2.33. The van der Waals surface area contributed by atoms with Crippen molar-refractivity contribution in [3.05, 3.63) is 64.4 Å². The van der Waals surface area contributed by atoms with Crippen molar-refractivity contribution in [1.82, 2.24) is 10.1 Å². The minimum absolute atomic E-state index is 0.0513. The Balaban J connectivity index is 1.79. The number of aromatic nitrogens is 2. The molecule has 3 rings (SSSR count). The number of nitrogens with one attached hydrogen (secondary N) is 1. The molecule has 0 amide bonds. The summed E-state index contributed by atoms with van der Waals surface area (Å²) in [4.78, 5) is 4.13. The zero-order valence-corrected chi connectivity index (χ0v) is 12.6. The molecule has 0 radical (unpaired) electrons. The van der Waals surface area contributed by atoms with Crippen LogP contribution >= 0.6 is 11.6 Å². The highest BCUT2D eigenvalue weighted by atomic mass is 35.5. The lowest BCUT2D eigenvalue weighted by molar-refractivity contribution is 0.429. The summed E-state index contributed by atoms with van der Waals surface area (Å²) in [6, 6.07) is 12.4. The van der Waals surface area contributed by atoms with Crippen molar-refractivity contribution in [2.45, 2.75) is 13.5 Å². The number of hydrogen-bond donors (Lipinski definition) is 1. The topological polar surface area (TPSA) is 51.0 Å². The van der Waals surface area contributed by atoms with Gasteiger partial charge in [0, 0.05) is 6.54 Å². The van der Waals surface area contributed by atoms with Gasteiger partial charge in [-0.3, -0.25) is 0 Å². The zero-order valence-electron chi connectivity index (χ0n) is 11.8. The van der Waals surface area contributed by atoms with E-state index < -0.39 is 5.82 Å². The van der Waals surface area contributed by atoms with Crippen molar-refractivity contribution >= 4 is 17.5 Å². The van der Waals surface area contributed by atoms with E-state index in [1.807, 2.05) is 31.2 Å². The van der Waals surface area contributed by atoms with E-state index in [-0.39, 0.29) is 22.4 Å². The van der Waals surface area contributed by atoms with Gasteiger partial charge in [-0.2, -0.15) is 4.98 Å². The average molecular weight is 318 g/mol. The molecule has 1 heterocycles. The van der Waals surface area contributed by atoms with Crippen LogP contribution in [0.25, 0.3) is 11.5 Å². The van der Waals surface area contributed by atoms with Crippen molar-refractivity contribution in [2.75, 3.05) is 5.32 Å². The van der Waals surface area contributed by atoms with Crippen molar-refractivity contribution in [3.8, 4) is 11.5 Å². The maximum Gasteiger partial charge on any atom is 0.264 e. The molecule has 1 N–H and O–H groups in total. The van der Waals surface area contributed by atoms with Gasteiger partial charge in [-0.25, -0.2) is 4.39 Å². The molecule has 4 nitrogen and oxygen atoms in total. The third-order valence-corrected chi connectivity index (χ3v) is 3.62. The van der Waals surface area contributed by atoms with Gasteiger partial charge in [0.25, 0.3) is 11.8 Å². The highest BCUT2D eigenvalue weighted by Crippen LogP contribution is 2.29. The van der Waals surface area contributed by atoms with Gasteiger partial charge < -0.3 is 9.84 Å². The fraction of sp³-hybridized carbons (Fsp3) is 0.125. The molecule has 22 heavy (non-hydrogen) atoms. The van der Waals surface area contributed by atoms with Crippen LogP contribution in [-0.2, 0) is 6.54 Å². The third-order valence-electron chi connectivity index (χ3n) is 3.30. The van der Waals surface area contributed by atoms with Crippen LogP contribution in [0, 0.1) is 12.7 Å². The van der Waals surface area contributed by atoms with E-state index in [4.69, 9.17) is 16.1 Å². The molecule has 6 heteroatoms. The first-order valence-electron chi connectivity index (χ1n) is 6.71. The molecule has 0 aliphatic rings. The molecule has 0 atom stereocenters. The van der Waals surface area contributed by atoms with E-state index in [1.165, 1.54) is 12.1 Å². The summed E-state index contributed by atoms with van der Waals surface area (Å²) in [5.41, 5.74) is 2.40. The van der Waals surface area contributed by atoms with Gasteiger partial charge in [0.1, 0.15) is 5.82 Å². The maximum atomic E-state index is 13.8. The monoisotopic (exact) mass is 317 g/mol. The quantitative estimate of drug-likeness (QED) is 0.772. The van der Waals surface area contributed by atoms with Gasteiger partial charge >= 0.3 is 0 Å². The highest BCUT2D eigenvalue weighted by Gasteiger charge is 2.16. The van der Waals surface area contributed by atoms with Gasteiger partial charge in [-0.15, -0.1) is 0 Å². The zero-order chi connectivity index (χ0) is 15.5. The third kappa shape index (κ3) is 2.94. The highest BCUT2D eigenvalue weighted by molar-refractivity contribution is 6.33. The van der Waals surface area contributed by atoms with E-state index >= 15 is 0 Å². The Morgan fingerprint density at radius 3 is 2.77 bits per heavy atom. The molecule has 3 aromatic rings. The van der Waals surface area contributed by atoms with Crippen molar-refractivity contribution in [1.29, 1.82) is 0 Å². The lowest BCUT2D eigenvalue weighted by atomic mass is 10.1. The number of benzene rings is 2. The average Bonchev–Trinajstić information content (AvgIpc) is 2.95. The number of nitrogens with zero attached hydrogens (tertiary/aromatic N) is 2. The summed E-state index contributed by atoms with van der Waals surface area (Å²) >= 11 is 5.98. The van der Waals surface area contributed by atoms with Crippen LogP contribution in [0.5, 0.6) is 0 Å². The van der Waals surface area contributed by atoms with Crippen molar-refractivity contribution in [3.63, 3.8) is 0 Å². The Hall–Kier alpha value is -2.40. The molecule has 0 bridgehead atoms. The van der Waals surface area contributed by atoms with Gasteiger partial charge in [-0.1, -0.05) is 41.9 Å². The van der Waals surface area contributed by atoms with E-state index in [0.717, 1.165) is 11.1 Å². The minimum Gasteiger partial charge on any atom is -0.347 e. The lowest BCUT2D eigenvalue weighted by Crippen LogP contribution is -2.02. The molecule has 0 spiro atoms. The molecule has 0 saturated heterocycles. The lowest BCUT2D eigenvalue weighted by Gasteiger charge is -2.04. The van der Waals surface area contributed by atoms with Crippen LogP contribution in [-0.4, -0.2) is 10.1 Å². The second-order valence-corrected chi connectivity index (χ2v) is 5.21. The standard InChI is InChI=1S/C16H13ClFN3O/c1-10-5-2-3-6-11(10)9-19-16-20-15(22-21-16)14-12(17)7-4-8-13(14)18/h2-8H,9H2,1H3,(H,19,21). The number of rotatable bonds is 4. The maximum absolute atomic E-state index is 13.8. The van der Waals surface area contributed by atoms with Crippen LogP contribution in [0.15, 0.2) is 47.0 Å². The second-order valence-electron chi connectivity index (χ2n) is 4.80. The van der Waals surface area contributed by atoms with Crippen molar-refractivity contribution < 1.29 is 8.91 Å². The molecule has 0 aliphatic heterocycles. The predicted molar refractivity (Wildman–Crippen MR) is 83.2 cm³/mol. The second kappa shape index (κ2) is 6.15. The number of hydrogen-bond acceptors (Lipinski definition) is 4. The van der Waals surface area contributed by atoms with Gasteiger partial charge in [0.2, 0.25) is 0 Å². The SMILES string of the molecule is Cc1ccccc1CNc1noc(-c2c(F)cccc2Cl)n1. The first kappa shape index (κ1) is 14.5. The smallest absolute Gasteiger partial charge is 0.264 e. The number of anilines is 1. The van der Waals surface area contributed by atoms with Crippen LogP contribution in [0.4, 0.5) is 10.3 Å². The predicted octanol–water partition coefficient (Wildman–Crippen LogP) is 4.45. The molecule has 0 unspecified atom stereocenters. The molecule has 1 aromatic heterocycles. The van der Waals surface area contributed by atoms with E-state index in [1.54, 1.807) is 6.07 Å². The molecular weight excluding hydrogens is 305 g/mol. The molecule has 2 aromatic carbocycles. The Bertz CT molecular complexity index is 783. The summed E-state index contributed by atoms with van der Waals surface area (Å²) in [7, 11) is 0. The fourth-order valence-electron chi connectivity index (χ4n) is 2.08. The Morgan fingerprint density at radius 2 is 2.00 bits per heavy atom. The first-order chi connectivity index (χ1) is 10.6. The Morgan fingerprint density at radius 1 is 1.18 bits per heavy atom. The van der Waals surface area contributed by atoms with E-state index in [0.29, 0.717) is 6.54 Å². The van der Waals surface area contributed by atoms with Crippen LogP contribution in [0.3, 0.4) is 0 Å². The summed E-state index contributed by atoms with van der Waals surface area (Å²) in [6.07, 6.45) is 0. The molecular formula is C16H13ClFN3O. The number of aryl methyl sites for hydroxylation is 1. The van der Waals surface area contributed by atoms with Crippen LogP contribution in [0.1, 0.15) is 11.1 Å². The van der Waals surface area contributed by atoms with Crippen LogP contribution in [0.2, 0.25) is 5.02 Å². The van der Waals surface area contributed by atoms with E-state index in [9.17, 15) is 4.39 Å². The Kier molecular flexibility index (Phi) is 4.06. The normalized spacial score (nSPS) is 10.7. The molecule has 112 valence electrons. The van der Waals surface area contributed by atoms with Gasteiger partial charge in [-0.05, 0) is 35.3 Å². The van der Waals surface area contributed by atoms with Crippen LogP contribution < -0.4 is 5.32 Å². The molecule has 0 fully saturated rings. The summed E-state index contributed by atoms with van der Waals surface area (Å²) in [5, 5.41) is 7.08. The van der Waals surface area contributed by atoms with Gasteiger partial charge in [0.15, 0.2) is 0 Å².